The molecule has 3 amide bonds. The summed E-state index contributed by atoms with van der Waals surface area (Å²) in [5.41, 5.74) is 1.71. The SMILES string of the molecule is CCC(C)N(CCC(=O)N1CCN(Cc2ccccc2)CC1)C(=O)Nc1ccc([N+](=O)[O-])cc1. The first-order chi connectivity index (χ1) is 16.4. The lowest BCUT2D eigenvalue weighted by Crippen LogP contribution is -2.49. The van der Waals surface area contributed by atoms with E-state index in [1.807, 2.05) is 36.9 Å². The predicted molar refractivity (Wildman–Crippen MR) is 131 cm³/mol. The highest BCUT2D eigenvalue weighted by Gasteiger charge is 2.24. The number of nitrogens with zero attached hydrogens (tertiary/aromatic N) is 4. The molecule has 182 valence electrons. The Morgan fingerprint density at radius 3 is 2.29 bits per heavy atom. The lowest BCUT2D eigenvalue weighted by molar-refractivity contribution is -0.384. The summed E-state index contributed by atoms with van der Waals surface area (Å²) in [6, 6.07) is 15.7. The minimum Gasteiger partial charge on any atom is -0.340 e. The molecule has 2 aromatic carbocycles. The fourth-order valence-electron chi connectivity index (χ4n) is 3.98. The van der Waals surface area contributed by atoms with Crippen LogP contribution in [0.2, 0.25) is 0 Å². The molecule has 0 bridgehead atoms. The number of carbonyl (C=O) groups excluding carboxylic acids is 2. The average Bonchev–Trinajstić information content (AvgIpc) is 2.85. The average molecular weight is 468 g/mol. The van der Waals surface area contributed by atoms with Gasteiger partial charge in [-0.15, -0.1) is 0 Å². The van der Waals surface area contributed by atoms with Gasteiger partial charge >= 0.3 is 6.03 Å². The van der Waals surface area contributed by atoms with E-state index in [1.165, 1.54) is 29.8 Å². The molecule has 1 N–H and O–H groups in total. The first kappa shape index (κ1) is 25.2. The second-order valence-electron chi connectivity index (χ2n) is 8.58. The third-order valence-corrected chi connectivity index (χ3v) is 6.25. The number of hydrogen-bond acceptors (Lipinski definition) is 5. The van der Waals surface area contributed by atoms with Gasteiger partial charge < -0.3 is 15.1 Å². The molecule has 1 aliphatic heterocycles. The molecule has 1 atom stereocenters. The van der Waals surface area contributed by atoms with Gasteiger partial charge in [-0.2, -0.15) is 0 Å². The Balaban J connectivity index is 1.49. The summed E-state index contributed by atoms with van der Waals surface area (Å²) < 4.78 is 0. The number of non-ortho nitro benzene ring substituents is 1. The molecule has 1 heterocycles. The summed E-state index contributed by atoms with van der Waals surface area (Å²) in [7, 11) is 0. The Labute approximate surface area is 200 Å². The Morgan fingerprint density at radius 2 is 1.71 bits per heavy atom. The molecule has 0 spiro atoms. The molecule has 0 saturated carbocycles. The summed E-state index contributed by atoms with van der Waals surface area (Å²) >= 11 is 0. The van der Waals surface area contributed by atoms with Crippen LogP contribution in [0.25, 0.3) is 0 Å². The molecule has 2 aromatic rings. The number of amides is 3. The first-order valence-corrected chi connectivity index (χ1v) is 11.7. The molecule has 0 aromatic heterocycles. The van der Waals surface area contributed by atoms with Gasteiger partial charge in [0.05, 0.1) is 4.92 Å². The van der Waals surface area contributed by atoms with Gasteiger partial charge in [0, 0.05) is 69.6 Å². The van der Waals surface area contributed by atoms with Gasteiger partial charge in [0.1, 0.15) is 0 Å². The quantitative estimate of drug-likeness (QED) is 0.445. The molecule has 34 heavy (non-hydrogen) atoms. The Kier molecular flexibility index (Phi) is 8.98. The molecular weight excluding hydrogens is 434 g/mol. The number of benzene rings is 2. The molecule has 0 aliphatic carbocycles. The molecular formula is C25H33N5O4. The van der Waals surface area contributed by atoms with Crippen LogP contribution >= 0.6 is 0 Å². The van der Waals surface area contributed by atoms with Crippen LogP contribution in [-0.4, -0.2) is 70.3 Å². The number of rotatable bonds is 9. The van der Waals surface area contributed by atoms with E-state index in [-0.39, 0.29) is 30.1 Å². The highest BCUT2D eigenvalue weighted by Crippen LogP contribution is 2.17. The normalized spacial score (nSPS) is 14.9. The Morgan fingerprint density at radius 1 is 1.06 bits per heavy atom. The van der Waals surface area contributed by atoms with Gasteiger partial charge in [0.15, 0.2) is 0 Å². The highest BCUT2D eigenvalue weighted by molar-refractivity contribution is 5.90. The van der Waals surface area contributed by atoms with E-state index in [4.69, 9.17) is 0 Å². The number of piperazine rings is 1. The van der Waals surface area contributed by atoms with E-state index in [0.29, 0.717) is 25.3 Å². The highest BCUT2D eigenvalue weighted by atomic mass is 16.6. The van der Waals surface area contributed by atoms with Crippen molar-refractivity contribution in [2.45, 2.75) is 39.3 Å². The van der Waals surface area contributed by atoms with E-state index < -0.39 is 4.92 Å². The zero-order valence-corrected chi connectivity index (χ0v) is 19.9. The monoisotopic (exact) mass is 467 g/mol. The van der Waals surface area contributed by atoms with Crippen LogP contribution in [0.1, 0.15) is 32.3 Å². The van der Waals surface area contributed by atoms with Gasteiger partial charge in [-0.3, -0.25) is 19.8 Å². The van der Waals surface area contributed by atoms with Crippen LogP contribution in [0.3, 0.4) is 0 Å². The van der Waals surface area contributed by atoms with Crippen molar-refractivity contribution in [3.05, 3.63) is 70.3 Å². The summed E-state index contributed by atoms with van der Waals surface area (Å²) in [5.74, 6) is 0.0517. The Bertz CT molecular complexity index is 959. The largest absolute Gasteiger partial charge is 0.340 e. The van der Waals surface area contributed by atoms with Gasteiger partial charge in [0.2, 0.25) is 5.91 Å². The maximum absolute atomic E-state index is 12.9. The molecule has 1 saturated heterocycles. The summed E-state index contributed by atoms with van der Waals surface area (Å²) in [6.45, 7) is 8.16. The van der Waals surface area contributed by atoms with Crippen LogP contribution in [0.4, 0.5) is 16.2 Å². The smallest absolute Gasteiger partial charge is 0.322 e. The number of urea groups is 1. The molecule has 1 fully saturated rings. The van der Waals surface area contributed by atoms with Crippen molar-refractivity contribution >= 4 is 23.3 Å². The van der Waals surface area contributed by atoms with Crippen molar-refractivity contribution in [3.63, 3.8) is 0 Å². The second kappa shape index (κ2) is 12.1. The molecule has 3 rings (SSSR count). The van der Waals surface area contributed by atoms with Crippen molar-refractivity contribution in [2.75, 3.05) is 38.0 Å². The Hall–Kier alpha value is -3.46. The van der Waals surface area contributed by atoms with E-state index in [0.717, 1.165) is 26.1 Å². The molecule has 9 nitrogen and oxygen atoms in total. The van der Waals surface area contributed by atoms with Crippen molar-refractivity contribution in [2.24, 2.45) is 0 Å². The van der Waals surface area contributed by atoms with Crippen LogP contribution in [0, 0.1) is 10.1 Å². The lowest BCUT2D eigenvalue weighted by Gasteiger charge is -2.35. The standard InChI is InChI=1S/C25H33N5O4/c1-3-20(2)29(25(32)26-22-9-11-23(12-10-22)30(33)34)14-13-24(31)28-17-15-27(16-18-28)19-21-7-5-4-6-8-21/h4-12,20H,3,13-19H2,1-2H3,(H,26,32). The number of nitro benzene ring substituents is 1. The summed E-state index contributed by atoms with van der Waals surface area (Å²) in [6.07, 6.45) is 1.01. The molecule has 1 aliphatic rings. The van der Waals surface area contributed by atoms with Gasteiger partial charge in [0.25, 0.3) is 5.69 Å². The van der Waals surface area contributed by atoms with Crippen LogP contribution < -0.4 is 5.32 Å². The summed E-state index contributed by atoms with van der Waals surface area (Å²) in [5, 5.41) is 13.6. The predicted octanol–water partition coefficient (Wildman–Crippen LogP) is 3.96. The van der Waals surface area contributed by atoms with E-state index in [1.54, 1.807) is 4.90 Å². The van der Waals surface area contributed by atoms with Crippen molar-refractivity contribution in [1.82, 2.24) is 14.7 Å². The van der Waals surface area contributed by atoms with Gasteiger partial charge in [-0.05, 0) is 31.0 Å². The topological polar surface area (TPSA) is 99.0 Å². The zero-order valence-electron chi connectivity index (χ0n) is 19.9. The fraction of sp³-hybridized carbons (Fsp3) is 0.440. The van der Waals surface area contributed by atoms with E-state index in [2.05, 4.69) is 22.3 Å². The molecule has 1 unspecified atom stereocenters. The van der Waals surface area contributed by atoms with Crippen LogP contribution in [0.15, 0.2) is 54.6 Å². The lowest BCUT2D eigenvalue weighted by atomic mass is 10.2. The number of anilines is 1. The second-order valence-corrected chi connectivity index (χ2v) is 8.58. The van der Waals surface area contributed by atoms with Crippen LogP contribution in [0.5, 0.6) is 0 Å². The van der Waals surface area contributed by atoms with Gasteiger partial charge in [-0.25, -0.2) is 4.79 Å². The zero-order chi connectivity index (χ0) is 24.5. The third-order valence-electron chi connectivity index (χ3n) is 6.25. The molecule has 9 heteroatoms. The number of nitrogens with one attached hydrogen (secondary N) is 1. The van der Waals surface area contributed by atoms with Crippen LogP contribution in [-0.2, 0) is 11.3 Å². The maximum atomic E-state index is 12.9. The molecule has 0 radical (unpaired) electrons. The van der Waals surface area contributed by atoms with Gasteiger partial charge in [-0.1, -0.05) is 37.3 Å². The fourth-order valence-corrected chi connectivity index (χ4v) is 3.98. The number of hydrogen-bond donors (Lipinski definition) is 1. The van der Waals surface area contributed by atoms with E-state index >= 15 is 0 Å². The number of carbonyl (C=O) groups is 2. The minimum absolute atomic E-state index is 0.0359. The maximum Gasteiger partial charge on any atom is 0.322 e. The van der Waals surface area contributed by atoms with Crippen molar-refractivity contribution in [1.29, 1.82) is 0 Å². The third kappa shape index (κ3) is 7.02. The summed E-state index contributed by atoms with van der Waals surface area (Å²) in [4.78, 5) is 42.0. The van der Waals surface area contributed by atoms with Crippen molar-refractivity contribution in [3.8, 4) is 0 Å². The number of nitro groups is 1. The van der Waals surface area contributed by atoms with Crippen molar-refractivity contribution < 1.29 is 14.5 Å². The van der Waals surface area contributed by atoms with E-state index in [9.17, 15) is 19.7 Å². The minimum atomic E-state index is -0.482. The first-order valence-electron chi connectivity index (χ1n) is 11.7.